The van der Waals surface area contributed by atoms with Gasteiger partial charge in [-0.3, -0.25) is 4.79 Å². The molecular weight excluding hydrogens is 317 g/mol. The molecule has 1 aliphatic rings. The average molecular weight is 340 g/mol. The van der Waals surface area contributed by atoms with E-state index in [1.54, 1.807) is 0 Å². The average Bonchev–Trinajstić information content (AvgIpc) is 2.60. The molecule has 116 valence electrons. The summed E-state index contributed by atoms with van der Waals surface area (Å²) in [7, 11) is 0. The summed E-state index contributed by atoms with van der Waals surface area (Å²) < 4.78 is 0. The lowest BCUT2D eigenvalue weighted by Crippen LogP contribution is -2.53. The SMILES string of the molecule is Cc1nc(C)c(C(=O)N2CCC(N)C(C)(C)C2)s1.Cl.Cl. The van der Waals surface area contributed by atoms with E-state index in [1.165, 1.54) is 11.3 Å². The number of aryl methyl sites for hydroxylation is 2. The van der Waals surface area contributed by atoms with Crippen molar-refractivity contribution in [3.63, 3.8) is 0 Å². The molecule has 7 heteroatoms. The van der Waals surface area contributed by atoms with Crippen molar-refractivity contribution >= 4 is 42.1 Å². The highest BCUT2D eigenvalue weighted by molar-refractivity contribution is 7.13. The highest BCUT2D eigenvalue weighted by atomic mass is 35.5. The Morgan fingerprint density at radius 3 is 2.45 bits per heavy atom. The second-order valence-corrected chi connectivity index (χ2v) is 6.96. The van der Waals surface area contributed by atoms with Gasteiger partial charge in [0.25, 0.3) is 5.91 Å². The van der Waals surface area contributed by atoms with Crippen molar-refractivity contribution in [1.29, 1.82) is 0 Å². The number of piperidine rings is 1. The smallest absolute Gasteiger partial charge is 0.265 e. The van der Waals surface area contributed by atoms with Gasteiger partial charge in [-0.1, -0.05) is 13.8 Å². The van der Waals surface area contributed by atoms with E-state index in [2.05, 4.69) is 18.8 Å². The molecule has 0 bridgehead atoms. The van der Waals surface area contributed by atoms with E-state index in [4.69, 9.17) is 5.73 Å². The third-order valence-corrected chi connectivity index (χ3v) is 4.76. The van der Waals surface area contributed by atoms with Crippen LogP contribution in [0.4, 0.5) is 0 Å². The van der Waals surface area contributed by atoms with E-state index in [0.29, 0.717) is 0 Å². The topological polar surface area (TPSA) is 59.2 Å². The van der Waals surface area contributed by atoms with Gasteiger partial charge in [0.05, 0.1) is 10.7 Å². The molecule has 2 rings (SSSR count). The van der Waals surface area contributed by atoms with Crippen LogP contribution in [0.25, 0.3) is 0 Å². The molecule has 1 aromatic rings. The van der Waals surface area contributed by atoms with Gasteiger partial charge in [0, 0.05) is 19.1 Å². The van der Waals surface area contributed by atoms with Gasteiger partial charge in [-0.15, -0.1) is 36.2 Å². The third kappa shape index (κ3) is 3.85. The molecule has 0 radical (unpaired) electrons. The molecule has 1 unspecified atom stereocenters. The second-order valence-electron chi connectivity index (χ2n) is 5.76. The highest BCUT2D eigenvalue weighted by Crippen LogP contribution is 2.29. The number of hydrogen-bond acceptors (Lipinski definition) is 4. The van der Waals surface area contributed by atoms with Crippen LogP contribution in [0.2, 0.25) is 0 Å². The van der Waals surface area contributed by atoms with Gasteiger partial charge in [0.15, 0.2) is 0 Å². The minimum atomic E-state index is -0.0124. The zero-order valence-electron chi connectivity index (χ0n) is 12.3. The Labute approximate surface area is 137 Å². The standard InChI is InChI=1S/C13H21N3OS.2ClH/c1-8-11(18-9(2)15-8)12(17)16-6-5-10(14)13(3,4)7-16;;/h10H,5-7,14H2,1-4H3;2*1H. The van der Waals surface area contributed by atoms with E-state index in [0.717, 1.165) is 35.1 Å². The molecule has 0 aliphatic carbocycles. The first-order chi connectivity index (χ1) is 8.31. The summed E-state index contributed by atoms with van der Waals surface area (Å²) >= 11 is 1.48. The molecule has 0 spiro atoms. The fraction of sp³-hybridized carbons (Fsp3) is 0.692. The van der Waals surface area contributed by atoms with E-state index < -0.39 is 0 Å². The molecule has 1 aromatic heterocycles. The Morgan fingerprint density at radius 2 is 2.00 bits per heavy atom. The van der Waals surface area contributed by atoms with Gasteiger partial charge in [-0.05, 0) is 25.7 Å². The number of thiazole rings is 1. The first-order valence-corrected chi connectivity index (χ1v) is 7.12. The van der Waals surface area contributed by atoms with Gasteiger partial charge < -0.3 is 10.6 Å². The van der Waals surface area contributed by atoms with Crippen molar-refractivity contribution < 1.29 is 4.79 Å². The predicted octanol–water partition coefficient (Wildman–Crippen LogP) is 2.80. The van der Waals surface area contributed by atoms with Gasteiger partial charge in [-0.25, -0.2) is 4.98 Å². The molecule has 1 amide bonds. The van der Waals surface area contributed by atoms with Crippen LogP contribution in [0, 0.1) is 19.3 Å². The number of hydrogen-bond donors (Lipinski definition) is 1. The summed E-state index contributed by atoms with van der Waals surface area (Å²) in [5.74, 6) is 0.109. The van der Waals surface area contributed by atoms with E-state index in [9.17, 15) is 4.79 Å². The number of amides is 1. The molecule has 1 fully saturated rings. The first-order valence-electron chi connectivity index (χ1n) is 6.30. The van der Waals surface area contributed by atoms with Crippen LogP contribution in [0.15, 0.2) is 0 Å². The van der Waals surface area contributed by atoms with Crippen molar-refractivity contribution in [2.24, 2.45) is 11.1 Å². The number of aromatic nitrogens is 1. The van der Waals surface area contributed by atoms with E-state index >= 15 is 0 Å². The molecular formula is C13H23Cl2N3OS. The number of halogens is 2. The summed E-state index contributed by atoms with van der Waals surface area (Å²) in [6.45, 7) is 9.56. The minimum absolute atomic E-state index is 0. The van der Waals surface area contributed by atoms with E-state index in [1.807, 2.05) is 18.7 Å². The molecule has 2 heterocycles. The maximum Gasteiger partial charge on any atom is 0.265 e. The second kappa shape index (κ2) is 7.07. The highest BCUT2D eigenvalue weighted by Gasteiger charge is 2.36. The molecule has 0 saturated carbocycles. The Balaban J connectivity index is 0.00000180. The van der Waals surface area contributed by atoms with Crippen LogP contribution in [0.3, 0.4) is 0 Å². The van der Waals surface area contributed by atoms with Gasteiger partial charge >= 0.3 is 0 Å². The monoisotopic (exact) mass is 339 g/mol. The van der Waals surface area contributed by atoms with E-state index in [-0.39, 0.29) is 42.2 Å². The number of likely N-dealkylation sites (tertiary alicyclic amines) is 1. The number of nitrogens with two attached hydrogens (primary N) is 1. The minimum Gasteiger partial charge on any atom is -0.337 e. The van der Waals surface area contributed by atoms with Crippen molar-refractivity contribution in [2.45, 2.75) is 40.2 Å². The number of nitrogens with zero attached hydrogens (tertiary/aromatic N) is 2. The zero-order valence-corrected chi connectivity index (χ0v) is 14.8. The van der Waals surface area contributed by atoms with Crippen molar-refractivity contribution in [2.75, 3.05) is 13.1 Å². The van der Waals surface area contributed by atoms with Crippen molar-refractivity contribution in [3.8, 4) is 0 Å². The Bertz CT molecular complexity index is 476. The lowest BCUT2D eigenvalue weighted by molar-refractivity contribution is 0.0536. The zero-order chi connectivity index (χ0) is 13.5. The number of rotatable bonds is 1. The number of carbonyl (C=O) groups is 1. The third-order valence-electron chi connectivity index (χ3n) is 3.70. The summed E-state index contributed by atoms with van der Waals surface area (Å²) in [6, 6.07) is 0.172. The maximum absolute atomic E-state index is 12.5. The maximum atomic E-state index is 12.5. The molecule has 1 saturated heterocycles. The molecule has 20 heavy (non-hydrogen) atoms. The van der Waals surface area contributed by atoms with Gasteiger partial charge in [-0.2, -0.15) is 0 Å². The van der Waals surface area contributed by atoms with Gasteiger partial charge in [0.2, 0.25) is 0 Å². The largest absolute Gasteiger partial charge is 0.337 e. The van der Waals surface area contributed by atoms with Gasteiger partial charge in [0.1, 0.15) is 4.88 Å². The summed E-state index contributed by atoms with van der Waals surface area (Å²) in [6.07, 6.45) is 0.871. The number of carbonyl (C=O) groups excluding carboxylic acids is 1. The van der Waals surface area contributed by atoms with Crippen LogP contribution in [-0.2, 0) is 0 Å². The molecule has 4 nitrogen and oxygen atoms in total. The van der Waals surface area contributed by atoms with Crippen LogP contribution in [0.1, 0.15) is 40.6 Å². The normalized spacial score (nSPS) is 20.9. The van der Waals surface area contributed by atoms with Crippen molar-refractivity contribution in [3.05, 3.63) is 15.6 Å². The fourth-order valence-electron chi connectivity index (χ4n) is 2.42. The van der Waals surface area contributed by atoms with Crippen LogP contribution < -0.4 is 5.73 Å². The van der Waals surface area contributed by atoms with Crippen LogP contribution in [-0.4, -0.2) is 34.9 Å². The Hall–Kier alpha value is -0.360. The first kappa shape index (κ1) is 19.6. The lowest BCUT2D eigenvalue weighted by Gasteiger charge is -2.42. The lowest BCUT2D eigenvalue weighted by atomic mass is 9.79. The summed E-state index contributed by atoms with van der Waals surface area (Å²) in [4.78, 5) is 19.5. The molecule has 0 aromatic carbocycles. The molecule has 2 N–H and O–H groups in total. The summed E-state index contributed by atoms with van der Waals surface area (Å²) in [5.41, 5.74) is 6.93. The predicted molar refractivity (Wildman–Crippen MR) is 88.4 cm³/mol. The summed E-state index contributed by atoms with van der Waals surface area (Å²) in [5, 5.41) is 0.948. The Morgan fingerprint density at radius 1 is 1.40 bits per heavy atom. The van der Waals surface area contributed by atoms with Crippen LogP contribution >= 0.6 is 36.2 Å². The fourth-order valence-corrected chi connectivity index (χ4v) is 3.31. The van der Waals surface area contributed by atoms with Crippen molar-refractivity contribution in [1.82, 2.24) is 9.88 Å². The Kier molecular flexibility index (Phi) is 6.94. The quantitative estimate of drug-likeness (QED) is 0.855. The van der Waals surface area contributed by atoms with Crippen LogP contribution in [0.5, 0.6) is 0 Å². The molecule has 1 aliphatic heterocycles. The molecule has 1 atom stereocenters.